The highest BCUT2D eigenvalue weighted by atomic mass is 16.5. The summed E-state index contributed by atoms with van der Waals surface area (Å²) < 4.78 is 6.28. The SMILES string of the molecule is COCC(=O)NCc1ccc(-n2cncn2)nc1. The molecule has 18 heavy (non-hydrogen) atoms. The molecule has 0 radical (unpaired) electrons. The average Bonchev–Trinajstić information content (AvgIpc) is 2.91. The molecule has 0 fully saturated rings. The van der Waals surface area contributed by atoms with E-state index < -0.39 is 0 Å². The van der Waals surface area contributed by atoms with E-state index in [4.69, 9.17) is 4.74 Å². The molecule has 0 aliphatic heterocycles. The Hall–Kier alpha value is -2.28. The van der Waals surface area contributed by atoms with Crippen molar-refractivity contribution in [1.82, 2.24) is 25.1 Å². The minimum Gasteiger partial charge on any atom is -0.375 e. The smallest absolute Gasteiger partial charge is 0.246 e. The lowest BCUT2D eigenvalue weighted by molar-refractivity contribution is -0.124. The van der Waals surface area contributed by atoms with Crippen molar-refractivity contribution in [2.45, 2.75) is 6.54 Å². The lowest BCUT2D eigenvalue weighted by atomic mass is 10.3. The highest BCUT2D eigenvalue weighted by molar-refractivity contribution is 5.77. The molecule has 94 valence electrons. The molecule has 0 aliphatic rings. The molecule has 2 aromatic rings. The first kappa shape index (κ1) is 12.2. The van der Waals surface area contributed by atoms with E-state index in [1.54, 1.807) is 17.2 Å². The third-order valence-corrected chi connectivity index (χ3v) is 2.23. The first-order chi connectivity index (χ1) is 8.79. The molecule has 7 heteroatoms. The van der Waals surface area contributed by atoms with Crippen LogP contribution >= 0.6 is 0 Å². The van der Waals surface area contributed by atoms with Crippen molar-refractivity contribution in [2.75, 3.05) is 13.7 Å². The second-order valence-corrected chi connectivity index (χ2v) is 3.57. The van der Waals surface area contributed by atoms with Gasteiger partial charge in [0.1, 0.15) is 19.3 Å². The molecule has 0 aromatic carbocycles. The molecule has 1 amide bonds. The van der Waals surface area contributed by atoms with Crippen molar-refractivity contribution in [1.29, 1.82) is 0 Å². The van der Waals surface area contributed by atoms with Gasteiger partial charge in [-0.2, -0.15) is 5.10 Å². The van der Waals surface area contributed by atoms with E-state index in [-0.39, 0.29) is 12.5 Å². The predicted molar refractivity (Wildman–Crippen MR) is 62.9 cm³/mol. The number of amides is 1. The Morgan fingerprint density at radius 3 is 3.00 bits per heavy atom. The van der Waals surface area contributed by atoms with Gasteiger partial charge in [-0.1, -0.05) is 6.07 Å². The molecule has 1 N–H and O–H groups in total. The first-order valence-electron chi connectivity index (χ1n) is 5.35. The van der Waals surface area contributed by atoms with E-state index in [1.807, 2.05) is 12.1 Å². The van der Waals surface area contributed by atoms with Crippen LogP contribution in [0.3, 0.4) is 0 Å². The second-order valence-electron chi connectivity index (χ2n) is 3.57. The van der Waals surface area contributed by atoms with Crippen molar-refractivity contribution >= 4 is 5.91 Å². The number of ether oxygens (including phenoxy) is 1. The molecule has 2 aromatic heterocycles. The lowest BCUT2D eigenvalue weighted by Crippen LogP contribution is -2.26. The fraction of sp³-hybridized carbons (Fsp3) is 0.273. The van der Waals surface area contributed by atoms with Gasteiger partial charge in [-0.15, -0.1) is 0 Å². The number of hydrogen-bond acceptors (Lipinski definition) is 5. The summed E-state index contributed by atoms with van der Waals surface area (Å²) in [4.78, 5) is 19.3. The van der Waals surface area contributed by atoms with E-state index in [1.165, 1.54) is 13.4 Å². The van der Waals surface area contributed by atoms with Gasteiger partial charge in [0.05, 0.1) is 0 Å². The number of nitrogens with zero attached hydrogens (tertiary/aromatic N) is 4. The Kier molecular flexibility index (Phi) is 3.98. The van der Waals surface area contributed by atoms with Crippen molar-refractivity contribution < 1.29 is 9.53 Å². The molecule has 0 unspecified atom stereocenters. The minimum atomic E-state index is -0.155. The first-order valence-corrected chi connectivity index (χ1v) is 5.35. The van der Waals surface area contributed by atoms with Crippen LogP contribution in [0.25, 0.3) is 5.82 Å². The molecular formula is C11H13N5O2. The number of carbonyl (C=O) groups excluding carboxylic acids is 1. The highest BCUT2D eigenvalue weighted by Crippen LogP contribution is 2.03. The van der Waals surface area contributed by atoms with Gasteiger partial charge >= 0.3 is 0 Å². The van der Waals surface area contributed by atoms with Crippen LogP contribution in [-0.2, 0) is 16.1 Å². The number of hydrogen-bond donors (Lipinski definition) is 1. The summed E-state index contributed by atoms with van der Waals surface area (Å²) in [6, 6.07) is 3.68. The van der Waals surface area contributed by atoms with Crippen molar-refractivity contribution in [3.05, 3.63) is 36.5 Å². The molecule has 2 heterocycles. The fourth-order valence-corrected chi connectivity index (χ4v) is 1.37. The van der Waals surface area contributed by atoms with Crippen molar-refractivity contribution in [2.24, 2.45) is 0 Å². The Morgan fingerprint density at radius 2 is 2.39 bits per heavy atom. The molecule has 0 saturated heterocycles. The van der Waals surface area contributed by atoms with Crippen LogP contribution in [0, 0.1) is 0 Å². The van der Waals surface area contributed by atoms with Crippen molar-refractivity contribution in [3.63, 3.8) is 0 Å². The average molecular weight is 247 g/mol. The normalized spacial score (nSPS) is 10.3. The minimum absolute atomic E-state index is 0.0600. The van der Waals surface area contributed by atoms with E-state index >= 15 is 0 Å². The largest absolute Gasteiger partial charge is 0.375 e. The summed E-state index contributed by atoms with van der Waals surface area (Å²) in [6.07, 6.45) is 4.70. The molecular weight excluding hydrogens is 234 g/mol. The zero-order valence-electron chi connectivity index (χ0n) is 9.91. The number of aromatic nitrogens is 4. The third kappa shape index (κ3) is 3.11. The Balaban J connectivity index is 1.94. The maximum Gasteiger partial charge on any atom is 0.246 e. The zero-order valence-corrected chi connectivity index (χ0v) is 9.91. The lowest BCUT2D eigenvalue weighted by Gasteiger charge is -2.05. The van der Waals surface area contributed by atoms with Gasteiger partial charge in [0.25, 0.3) is 0 Å². The summed E-state index contributed by atoms with van der Waals surface area (Å²) >= 11 is 0. The predicted octanol–water partition coefficient (Wildman–Crippen LogP) is -0.0751. The van der Waals surface area contributed by atoms with Gasteiger partial charge in [-0.3, -0.25) is 4.79 Å². The van der Waals surface area contributed by atoms with Crippen molar-refractivity contribution in [3.8, 4) is 5.82 Å². The van der Waals surface area contributed by atoms with Gasteiger partial charge in [-0.25, -0.2) is 14.6 Å². The quantitative estimate of drug-likeness (QED) is 0.799. The van der Waals surface area contributed by atoms with Crippen LogP contribution in [-0.4, -0.2) is 39.4 Å². The maximum absolute atomic E-state index is 11.2. The Bertz CT molecular complexity index is 495. The van der Waals surface area contributed by atoms with Gasteiger partial charge in [0, 0.05) is 19.9 Å². The van der Waals surface area contributed by atoms with E-state index in [0.717, 1.165) is 5.56 Å². The molecule has 0 aliphatic carbocycles. The van der Waals surface area contributed by atoms with E-state index in [9.17, 15) is 4.79 Å². The van der Waals surface area contributed by atoms with E-state index in [2.05, 4.69) is 20.4 Å². The monoisotopic (exact) mass is 247 g/mol. The number of pyridine rings is 1. The fourth-order valence-electron chi connectivity index (χ4n) is 1.37. The zero-order chi connectivity index (χ0) is 12.8. The summed E-state index contributed by atoms with van der Waals surface area (Å²) in [5.41, 5.74) is 0.906. The summed E-state index contributed by atoms with van der Waals surface area (Å²) in [5, 5.41) is 6.69. The molecule has 0 atom stereocenters. The van der Waals surface area contributed by atoms with Crippen LogP contribution in [0.2, 0.25) is 0 Å². The summed E-state index contributed by atoms with van der Waals surface area (Å²) in [7, 11) is 1.48. The van der Waals surface area contributed by atoms with Gasteiger partial charge in [-0.05, 0) is 11.6 Å². The summed E-state index contributed by atoms with van der Waals surface area (Å²) in [5.74, 6) is 0.525. The van der Waals surface area contributed by atoms with Crippen LogP contribution in [0.15, 0.2) is 31.0 Å². The molecule has 7 nitrogen and oxygen atoms in total. The van der Waals surface area contributed by atoms with E-state index in [0.29, 0.717) is 12.4 Å². The Morgan fingerprint density at radius 1 is 1.50 bits per heavy atom. The molecule has 0 saturated carbocycles. The van der Waals surface area contributed by atoms with Gasteiger partial charge in [0.15, 0.2) is 5.82 Å². The number of carbonyl (C=O) groups is 1. The number of nitrogens with one attached hydrogen (secondary N) is 1. The van der Waals surface area contributed by atoms with Crippen LogP contribution < -0.4 is 5.32 Å². The standard InChI is InChI=1S/C11H13N5O2/c1-18-6-11(17)14-5-9-2-3-10(13-4-9)16-8-12-7-15-16/h2-4,7-8H,5-6H2,1H3,(H,14,17). The highest BCUT2D eigenvalue weighted by Gasteiger charge is 2.02. The van der Waals surface area contributed by atoms with Gasteiger partial charge in [0.2, 0.25) is 5.91 Å². The third-order valence-electron chi connectivity index (χ3n) is 2.23. The molecule has 0 spiro atoms. The van der Waals surface area contributed by atoms with Gasteiger partial charge < -0.3 is 10.1 Å². The molecule has 0 bridgehead atoms. The topological polar surface area (TPSA) is 81.9 Å². The summed E-state index contributed by atoms with van der Waals surface area (Å²) in [6.45, 7) is 0.483. The van der Waals surface area contributed by atoms with Crippen LogP contribution in [0.5, 0.6) is 0 Å². The van der Waals surface area contributed by atoms with Crippen LogP contribution in [0.1, 0.15) is 5.56 Å². The molecule has 2 rings (SSSR count). The maximum atomic E-state index is 11.2. The Labute approximate surface area is 104 Å². The number of rotatable bonds is 5. The second kappa shape index (κ2) is 5.87. The van der Waals surface area contributed by atoms with Crippen LogP contribution in [0.4, 0.5) is 0 Å². The number of methoxy groups -OCH3 is 1.